The maximum absolute atomic E-state index is 6.03. The third-order valence-electron chi connectivity index (χ3n) is 3.94. The summed E-state index contributed by atoms with van der Waals surface area (Å²) in [5, 5.41) is 0. The number of hydrogen-bond acceptors (Lipinski definition) is 2. The lowest BCUT2D eigenvalue weighted by molar-refractivity contribution is 0.593. The molecule has 0 aliphatic heterocycles. The van der Waals surface area contributed by atoms with Gasteiger partial charge in [-0.25, -0.2) is 4.98 Å². The van der Waals surface area contributed by atoms with E-state index in [1.165, 1.54) is 5.56 Å². The number of H-pyrrole nitrogens is 1. The van der Waals surface area contributed by atoms with Crippen LogP contribution in [0, 0.1) is 13.8 Å². The Morgan fingerprint density at radius 3 is 2.68 bits per heavy atom. The van der Waals surface area contributed by atoms with Gasteiger partial charge >= 0.3 is 0 Å². The van der Waals surface area contributed by atoms with Crippen molar-refractivity contribution in [2.75, 3.05) is 0 Å². The zero-order chi connectivity index (χ0) is 17.8. The van der Waals surface area contributed by atoms with Crippen LogP contribution in [-0.2, 0) is 0 Å². The summed E-state index contributed by atoms with van der Waals surface area (Å²) in [7, 11) is 0. The maximum atomic E-state index is 6.03. The van der Waals surface area contributed by atoms with Crippen molar-refractivity contribution in [1.82, 2.24) is 9.97 Å². The van der Waals surface area contributed by atoms with Crippen LogP contribution >= 0.6 is 0 Å². The standard InChI is InChI=1S/C22H22N2O/c1-5-8-17(9-6-2)21-16(4)23-22(24-21)20-13-12-19(25-20)18-11-7-10-15(3)14-18/h5-14H,1H2,2-4H3,(H,23,24)/b9-6-,17-8+. The molecule has 0 unspecified atom stereocenters. The Bertz CT molecular complexity index is 954. The summed E-state index contributed by atoms with van der Waals surface area (Å²) in [5.41, 5.74) is 5.19. The number of hydrogen-bond donors (Lipinski definition) is 1. The largest absolute Gasteiger partial charge is 0.453 e. The number of rotatable bonds is 5. The normalized spacial score (nSPS) is 12.0. The number of benzene rings is 1. The van der Waals surface area contributed by atoms with Gasteiger partial charge in [-0.05, 0) is 39.0 Å². The lowest BCUT2D eigenvalue weighted by Crippen LogP contribution is -1.84. The van der Waals surface area contributed by atoms with Gasteiger partial charge in [0.1, 0.15) is 5.76 Å². The molecule has 0 aliphatic rings. The first-order valence-electron chi connectivity index (χ1n) is 8.32. The van der Waals surface area contributed by atoms with Gasteiger partial charge in [0.05, 0.1) is 5.69 Å². The van der Waals surface area contributed by atoms with E-state index < -0.39 is 0 Å². The average Bonchev–Trinajstić information content (AvgIpc) is 3.21. The quantitative estimate of drug-likeness (QED) is 0.574. The van der Waals surface area contributed by atoms with Crippen molar-refractivity contribution in [3.63, 3.8) is 0 Å². The summed E-state index contributed by atoms with van der Waals surface area (Å²) in [4.78, 5) is 8.05. The van der Waals surface area contributed by atoms with Crippen LogP contribution in [0.15, 0.2) is 71.7 Å². The zero-order valence-corrected chi connectivity index (χ0v) is 14.8. The Morgan fingerprint density at radius 1 is 1.16 bits per heavy atom. The van der Waals surface area contributed by atoms with E-state index in [0.717, 1.165) is 39.9 Å². The van der Waals surface area contributed by atoms with E-state index in [1.54, 1.807) is 6.08 Å². The molecule has 2 aromatic heterocycles. The van der Waals surface area contributed by atoms with Crippen molar-refractivity contribution in [1.29, 1.82) is 0 Å². The van der Waals surface area contributed by atoms with Gasteiger partial charge in [-0.15, -0.1) is 0 Å². The minimum atomic E-state index is 0.726. The molecule has 1 N–H and O–H groups in total. The van der Waals surface area contributed by atoms with Gasteiger partial charge in [0, 0.05) is 16.8 Å². The summed E-state index contributed by atoms with van der Waals surface area (Å²) in [6.07, 6.45) is 7.74. The number of aromatic nitrogens is 2. The topological polar surface area (TPSA) is 41.8 Å². The fourth-order valence-corrected chi connectivity index (χ4v) is 2.80. The number of aryl methyl sites for hydroxylation is 2. The van der Waals surface area contributed by atoms with Gasteiger partial charge in [0.15, 0.2) is 11.6 Å². The van der Waals surface area contributed by atoms with Crippen LogP contribution < -0.4 is 0 Å². The highest BCUT2D eigenvalue weighted by Gasteiger charge is 2.14. The van der Waals surface area contributed by atoms with Gasteiger partial charge < -0.3 is 9.40 Å². The molecule has 3 aromatic rings. The Hall–Kier alpha value is -3.07. The third-order valence-corrected chi connectivity index (χ3v) is 3.94. The van der Waals surface area contributed by atoms with Crippen LogP contribution in [0.3, 0.4) is 0 Å². The summed E-state index contributed by atoms with van der Waals surface area (Å²) in [6.45, 7) is 9.85. The highest BCUT2D eigenvalue weighted by Crippen LogP contribution is 2.29. The van der Waals surface area contributed by atoms with Gasteiger partial charge in [0.25, 0.3) is 0 Å². The molecular weight excluding hydrogens is 308 g/mol. The number of allylic oxidation sites excluding steroid dienone is 5. The first-order valence-corrected chi connectivity index (χ1v) is 8.32. The monoisotopic (exact) mass is 330 g/mol. The second kappa shape index (κ2) is 7.22. The predicted octanol–water partition coefficient (Wildman–Crippen LogP) is 6.10. The van der Waals surface area contributed by atoms with Crippen molar-refractivity contribution in [3.05, 3.63) is 84.2 Å². The first kappa shape index (κ1) is 16.8. The van der Waals surface area contributed by atoms with E-state index >= 15 is 0 Å². The second-order valence-electron chi connectivity index (χ2n) is 5.95. The van der Waals surface area contributed by atoms with E-state index in [0.29, 0.717) is 0 Å². The molecule has 0 bridgehead atoms. The molecule has 0 atom stereocenters. The molecule has 0 amide bonds. The molecule has 3 heteroatoms. The Morgan fingerprint density at radius 2 is 1.96 bits per heavy atom. The molecule has 0 saturated carbocycles. The fraction of sp³-hybridized carbons (Fsp3) is 0.136. The maximum Gasteiger partial charge on any atom is 0.174 e. The number of nitrogens with one attached hydrogen (secondary N) is 1. The molecule has 126 valence electrons. The van der Waals surface area contributed by atoms with E-state index in [2.05, 4.69) is 30.6 Å². The van der Waals surface area contributed by atoms with Crippen LogP contribution in [0.4, 0.5) is 0 Å². The fourth-order valence-electron chi connectivity index (χ4n) is 2.80. The van der Waals surface area contributed by atoms with E-state index in [4.69, 9.17) is 9.40 Å². The Kier molecular flexibility index (Phi) is 4.85. The van der Waals surface area contributed by atoms with Crippen LogP contribution in [0.2, 0.25) is 0 Å². The van der Waals surface area contributed by atoms with Crippen LogP contribution in [-0.4, -0.2) is 9.97 Å². The predicted molar refractivity (Wildman–Crippen MR) is 104 cm³/mol. The third kappa shape index (κ3) is 3.56. The van der Waals surface area contributed by atoms with Crippen molar-refractivity contribution in [3.8, 4) is 22.9 Å². The molecule has 0 radical (unpaired) electrons. The van der Waals surface area contributed by atoms with Crippen LogP contribution in [0.5, 0.6) is 0 Å². The molecule has 2 heterocycles. The highest BCUT2D eigenvalue weighted by molar-refractivity contribution is 5.75. The number of aromatic amines is 1. The summed E-state index contributed by atoms with van der Waals surface area (Å²) in [6, 6.07) is 12.2. The lowest BCUT2D eigenvalue weighted by atomic mass is 10.1. The van der Waals surface area contributed by atoms with Crippen molar-refractivity contribution < 1.29 is 4.42 Å². The average molecular weight is 330 g/mol. The van der Waals surface area contributed by atoms with E-state index in [9.17, 15) is 0 Å². The van der Waals surface area contributed by atoms with Gasteiger partial charge in [-0.2, -0.15) is 0 Å². The minimum absolute atomic E-state index is 0.726. The zero-order valence-electron chi connectivity index (χ0n) is 14.8. The molecular formula is C22H22N2O. The highest BCUT2D eigenvalue weighted by atomic mass is 16.3. The van der Waals surface area contributed by atoms with Crippen molar-refractivity contribution in [2.45, 2.75) is 20.8 Å². The summed E-state index contributed by atoms with van der Waals surface area (Å²) >= 11 is 0. The summed E-state index contributed by atoms with van der Waals surface area (Å²) < 4.78 is 6.03. The number of nitrogens with zero attached hydrogens (tertiary/aromatic N) is 1. The van der Waals surface area contributed by atoms with Crippen LogP contribution in [0.25, 0.3) is 28.5 Å². The number of furan rings is 1. The molecule has 1 aromatic carbocycles. The van der Waals surface area contributed by atoms with Crippen LogP contribution in [0.1, 0.15) is 23.9 Å². The Labute approximate surface area is 148 Å². The molecule has 0 saturated heterocycles. The van der Waals surface area contributed by atoms with E-state index in [1.807, 2.05) is 56.3 Å². The second-order valence-corrected chi connectivity index (χ2v) is 5.95. The SMILES string of the molecule is C=C/C=C(\C=C/C)c1nc(-c2ccc(-c3cccc(C)c3)o2)[nH]c1C. The number of imidazole rings is 1. The molecule has 0 aliphatic carbocycles. The Balaban J connectivity index is 1.97. The van der Waals surface area contributed by atoms with E-state index in [-0.39, 0.29) is 0 Å². The minimum Gasteiger partial charge on any atom is -0.453 e. The smallest absolute Gasteiger partial charge is 0.174 e. The molecule has 3 nitrogen and oxygen atoms in total. The molecule has 0 fully saturated rings. The molecule has 0 spiro atoms. The lowest BCUT2D eigenvalue weighted by Gasteiger charge is -1.98. The molecule has 3 rings (SSSR count). The first-order chi connectivity index (χ1) is 12.1. The van der Waals surface area contributed by atoms with Gasteiger partial charge in [-0.1, -0.05) is 54.6 Å². The van der Waals surface area contributed by atoms with Crippen molar-refractivity contribution in [2.24, 2.45) is 0 Å². The van der Waals surface area contributed by atoms with Crippen molar-refractivity contribution >= 4 is 5.57 Å². The molecule has 25 heavy (non-hydrogen) atoms. The summed E-state index contributed by atoms with van der Waals surface area (Å²) in [5.74, 6) is 2.29. The van der Waals surface area contributed by atoms with Gasteiger partial charge in [-0.3, -0.25) is 0 Å². The van der Waals surface area contributed by atoms with Gasteiger partial charge in [0.2, 0.25) is 0 Å².